The Morgan fingerprint density at radius 3 is 2.62 bits per heavy atom. The van der Waals surface area contributed by atoms with Crippen LogP contribution in [0.25, 0.3) is 10.9 Å². The first kappa shape index (κ1) is 14.9. The van der Waals surface area contributed by atoms with Crippen LogP contribution in [0.15, 0.2) is 42.5 Å². The lowest BCUT2D eigenvalue weighted by molar-refractivity contribution is -0.120. The summed E-state index contributed by atoms with van der Waals surface area (Å²) in [7, 11) is 0. The molecule has 0 bridgehead atoms. The Morgan fingerprint density at radius 1 is 1.08 bits per heavy atom. The summed E-state index contributed by atoms with van der Waals surface area (Å²) in [5, 5.41) is 3.68. The van der Waals surface area contributed by atoms with E-state index in [1.165, 1.54) is 24.3 Å². The molecule has 4 rings (SSSR count). The van der Waals surface area contributed by atoms with Gasteiger partial charge in [0.1, 0.15) is 11.6 Å². The number of halogens is 2. The number of nitrogens with one attached hydrogen (secondary N) is 2. The number of H-pyrrole nitrogens is 1. The topological polar surface area (TPSA) is 44.9 Å². The van der Waals surface area contributed by atoms with Crippen LogP contribution >= 0.6 is 0 Å². The van der Waals surface area contributed by atoms with Crippen molar-refractivity contribution in [3.8, 4) is 0 Å². The third-order valence-corrected chi connectivity index (χ3v) is 4.63. The molecule has 2 aromatic carbocycles. The SMILES string of the molecule is O=C(Nc1ccc(F)cc1)C1CCc2[nH]c3ccc(F)cc3c2C1. The highest BCUT2D eigenvalue weighted by Crippen LogP contribution is 2.32. The lowest BCUT2D eigenvalue weighted by Crippen LogP contribution is -2.28. The first-order valence-electron chi connectivity index (χ1n) is 7.95. The van der Waals surface area contributed by atoms with Crippen molar-refractivity contribution in [2.75, 3.05) is 5.32 Å². The number of anilines is 1. The highest BCUT2D eigenvalue weighted by molar-refractivity contribution is 5.94. The summed E-state index contributed by atoms with van der Waals surface area (Å²) < 4.78 is 26.5. The molecule has 1 amide bonds. The van der Waals surface area contributed by atoms with Crippen molar-refractivity contribution in [2.45, 2.75) is 19.3 Å². The lowest BCUT2D eigenvalue weighted by atomic mass is 9.85. The fourth-order valence-electron chi connectivity index (χ4n) is 3.39. The Bertz CT molecular complexity index is 915. The molecule has 1 unspecified atom stereocenters. The molecule has 2 N–H and O–H groups in total. The maximum absolute atomic E-state index is 13.5. The predicted octanol–water partition coefficient (Wildman–Crippen LogP) is 4.19. The Hall–Kier alpha value is -2.69. The minimum absolute atomic E-state index is 0.0852. The summed E-state index contributed by atoms with van der Waals surface area (Å²) >= 11 is 0. The highest BCUT2D eigenvalue weighted by Gasteiger charge is 2.27. The number of aromatic nitrogens is 1. The summed E-state index contributed by atoms with van der Waals surface area (Å²) in [6, 6.07) is 10.4. The standard InChI is InChI=1S/C19H16F2N2O/c20-12-2-5-14(6-3-12)22-19(24)11-1-7-17-15(9-11)16-10-13(21)4-8-18(16)23-17/h2-6,8,10-11,23H,1,7,9H2,(H,22,24). The van der Waals surface area contributed by atoms with Crippen LogP contribution in [0.3, 0.4) is 0 Å². The van der Waals surface area contributed by atoms with E-state index in [9.17, 15) is 13.6 Å². The second-order valence-electron chi connectivity index (χ2n) is 6.21. The zero-order valence-corrected chi connectivity index (χ0v) is 12.9. The number of fused-ring (bicyclic) bond motifs is 3. The molecular weight excluding hydrogens is 310 g/mol. The molecular formula is C19H16F2N2O. The van der Waals surface area contributed by atoms with Gasteiger partial charge < -0.3 is 10.3 Å². The van der Waals surface area contributed by atoms with E-state index in [1.54, 1.807) is 18.2 Å². The van der Waals surface area contributed by atoms with Crippen LogP contribution in [0.1, 0.15) is 17.7 Å². The van der Waals surface area contributed by atoms with E-state index < -0.39 is 0 Å². The Labute approximate surface area is 137 Å². The van der Waals surface area contributed by atoms with Gasteiger partial charge >= 0.3 is 0 Å². The Balaban J connectivity index is 1.57. The smallest absolute Gasteiger partial charge is 0.227 e. The van der Waals surface area contributed by atoms with Gasteiger partial charge in [-0.1, -0.05) is 0 Å². The van der Waals surface area contributed by atoms with Gasteiger partial charge in [-0.3, -0.25) is 4.79 Å². The van der Waals surface area contributed by atoms with Crippen LogP contribution in [0, 0.1) is 17.6 Å². The van der Waals surface area contributed by atoms with Crippen LogP contribution in [0.4, 0.5) is 14.5 Å². The maximum Gasteiger partial charge on any atom is 0.227 e. The summed E-state index contributed by atoms with van der Waals surface area (Å²) in [5.41, 5.74) is 3.59. The van der Waals surface area contributed by atoms with Gasteiger partial charge in [-0.2, -0.15) is 0 Å². The van der Waals surface area contributed by atoms with Crippen molar-refractivity contribution < 1.29 is 13.6 Å². The molecule has 0 saturated carbocycles. The Kier molecular flexibility index (Phi) is 3.56. The molecule has 0 aliphatic heterocycles. The molecule has 24 heavy (non-hydrogen) atoms. The van der Waals surface area contributed by atoms with E-state index in [-0.39, 0.29) is 23.5 Å². The van der Waals surface area contributed by atoms with Gasteiger partial charge in [0.2, 0.25) is 5.91 Å². The third-order valence-electron chi connectivity index (χ3n) is 4.63. The minimum Gasteiger partial charge on any atom is -0.358 e. The Morgan fingerprint density at radius 2 is 1.83 bits per heavy atom. The molecule has 1 aliphatic rings. The van der Waals surface area contributed by atoms with Crippen LogP contribution in [0.2, 0.25) is 0 Å². The van der Waals surface area contributed by atoms with Gasteiger partial charge in [0.25, 0.3) is 0 Å². The molecule has 1 atom stereocenters. The van der Waals surface area contributed by atoms with Gasteiger partial charge in [-0.25, -0.2) is 8.78 Å². The first-order chi connectivity index (χ1) is 11.6. The molecule has 1 aliphatic carbocycles. The average molecular weight is 326 g/mol. The largest absolute Gasteiger partial charge is 0.358 e. The summed E-state index contributed by atoms with van der Waals surface area (Å²) in [6.07, 6.45) is 2.06. The van der Waals surface area contributed by atoms with Crippen LogP contribution in [-0.4, -0.2) is 10.9 Å². The number of hydrogen-bond acceptors (Lipinski definition) is 1. The molecule has 5 heteroatoms. The van der Waals surface area contributed by atoms with E-state index in [1.807, 2.05) is 0 Å². The molecule has 0 spiro atoms. The molecule has 1 aromatic heterocycles. The highest BCUT2D eigenvalue weighted by atomic mass is 19.1. The summed E-state index contributed by atoms with van der Waals surface area (Å²) in [5.74, 6) is -0.874. The van der Waals surface area contributed by atoms with Gasteiger partial charge in [0.15, 0.2) is 0 Å². The number of aromatic amines is 1. The number of amides is 1. The number of carbonyl (C=O) groups excluding carboxylic acids is 1. The van der Waals surface area contributed by atoms with Gasteiger partial charge in [0.05, 0.1) is 0 Å². The number of carbonyl (C=O) groups is 1. The molecule has 3 aromatic rings. The predicted molar refractivity (Wildman–Crippen MR) is 88.8 cm³/mol. The maximum atomic E-state index is 13.5. The molecule has 1 heterocycles. The van der Waals surface area contributed by atoms with Crippen molar-refractivity contribution in [1.29, 1.82) is 0 Å². The molecule has 0 fully saturated rings. The molecule has 0 radical (unpaired) electrons. The molecule has 122 valence electrons. The average Bonchev–Trinajstić information content (AvgIpc) is 2.94. The fraction of sp³-hybridized carbons (Fsp3) is 0.211. The summed E-state index contributed by atoms with van der Waals surface area (Å²) in [6.45, 7) is 0. The number of rotatable bonds is 2. The summed E-state index contributed by atoms with van der Waals surface area (Å²) in [4.78, 5) is 15.8. The van der Waals surface area contributed by atoms with Gasteiger partial charge in [-0.15, -0.1) is 0 Å². The molecule has 3 nitrogen and oxygen atoms in total. The first-order valence-corrected chi connectivity index (χ1v) is 7.95. The minimum atomic E-state index is -0.337. The van der Waals surface area contributed by atoms with Crippen LogP contribution in [0.5, 0.6) is 0 Å². The monoisotopic (exact) mass is 326 g/mol. The molecule has 0 saturated heterocycles. The zero-order valence-electron chi connectivity index (χ0n) is 12.9. The second-order valence-corrected chi connectivity index (χ2v) is 6.21. The van der Waals surface area contributed by atoms with Crippen molar-refractivity contribution in [2.24, 2.45) is 5.92 Å². The van der Waals surface area contributed by atoms with Crippen molar-refractivity contribution in [1.82, 2.24) is 4.98 Å². The van der Waals surface area contributed by atoms with E-state index in [2.05, 4.69) is 10.3 Å². The zero-order chi connectivity index (χ0) is 16.7. The van der Waals surface area contributed by atoms with Crippen LogP contribution < -0.4 is 5.32 Å². The van der Waals surface area contributed by atoms with E-state index in [0.717, 1.165) is 35.0 Å². The van der Waals surface area contributed by atoms with Gasteiger partial charge in [-0.05, 0) is 67.3 Å². The normalized spacial score (nSPS) is 16.8. The quantitative estimate of drug-likeness (QED) is 0.729. The fourth-order valence-corrected chi connectivity index (χ4v) is 3.39. The van der Waals surface area contributed by atoms with Crippen molar-refractivity contribution >= 4 is 22.5 Å². The second kappa shape index (κ2) is 5.74. The van der Waals surface area contributed by atoms with E-state index in [4.69, 9.17) is 0 Å². The van der Waals surface area contributed by atoms with Crippen LogP contribution in [-0.2, 0) is 17.6 Å². The van der Waals surface area contributed by atoms with E-state index >= 15 is 0 Å². The van der Waals surface area contributed by atoms with Crippen molar-refractivity contribution in [3.05, 3.63) is 65.4 Å². The number of aryl methyl sites for hydroxylation is 1. The number of benzene rings is 2. The third kappa shape index (κ3) is 2.66. The van der Waals surface area contributed by atoms with Crippen molar-refractivity contribution in [3.63, 3.8) is 0 Å². The number of hydrogen-bond donors (Lipinski definition) is 2. The van der Waals surface area contributed by atoms with E-state index in [0.29, 0.717) is 12.1 Å². The lowest BCUT2D eigenvalue weighted by Gasteiger charge is -2.22. The van der Waals surface area contributed by atoms with Gasteiger partial charge in [0, 0.05) is 28.2 Å².